The highest BCUT2D eigenvalue weighted by molar-refractivity contribution is 5.82. The summed E-state index contributed by atoms with van der Waals surface area (Å²) in [6, 6.07) is 4.47. The van der Waals surface area contributed by atoms with Crippen molar-refractivity contribution >= 4 is 5.57 Å². The highest BCUT2D eigenvalue weighted by Crippen LogP contribution is 2.30. The summed E-state index contributed by atoms with van der Waals surface area (Å²) in [6.45, 7) is 17.2. The van der Waals surface area contributed by atoms with Gasteiger partial charge in [0.25, 0.3) is 0 Å². The molecule has 17 heavy (non-hydrogen) atoms. The van der Waals surface area contributed by atoms with E-state index in [9.17, 15) is 0 Å². The quantitative estimate of drug-likeness (QED) is 0.621. The molecule has 0 saturated heterocycles. The van der Waals surface area contributed by atoms with E-state index >= 15 is 0 Å². The molecular formula is C17H24. The van der Waals surface area contributed by atoms with E-state index in [1.165, 1.54) is 33.4 Å². The van der Waals surface area contributed by atoms with Crippen LogP contribution in [0.25, 0.3) is 5.57 Å². The first-order chi connectivity index (χ1) is 7.90. The van der Waals surface area contributed by atoms with Gasteiger partial charge in [-0.2, -0.15) is 0 Å². The molecule has 0 nitrogen and oxygen atoms in total. The van der Waals surface area contributed by atoms with E-state index in [1.807, 2.05) is 0 Å². The number of aryl methyl sites for hydroxylation is 1. The molecular weight excluding hydrogens is 204 g/mol. The van der Waals surface area contributed by atoms with Crippen LogP contribution in [0.3, 0.4) is 0 Å². The Hall–Kier alpha value is -1.30. The number of benzene rings is 1. The molecule has 0 radical (unpaired) electrons. The molecule has 0 aromatic heterocycles. The Labute approximate surface area is 106 Å². The summed E-state index contributed by atoms with van der Waals surface area (Å²) >= 11 is 0. The van der Waals surface area contributed by atoms with Crippen molar-refractivity contribution in [2.45, 2.75) is 48.0 Å². The fourth-order valence-corrected chi connectivity index (χ4v) is 2.63. The van der Waals surface area contributed by atoms with Gasteiger partial charge in [0.1, 0.15) is 0 Å². The number of hydrogen-bond acceptors (Lipinski definition) is 0. The third-order valence-electron chi connectivity index (χ3n) is 3.38. The highest BCUT2D eigenvalue weighted by Gasteiger charge is 2.11. The fourth-order valence-electron chi connectivity index (χ4n) is 2.63. The van der Waals surface area contributed by atoms with E-state index in [1.54, 1.807) is 0 Å². The van der Waals surface area contributed by atoms with Crippen LogP contribution in [0.2, 0.25) is 0 Å². The number of hydrogen-bond donors (Lipinski definition) is 0. The predicted molar refractivity (Wildman–Crippen MR) is 78.4 cm³/mol. The standard InChI is InChI=1S/C17H24/c1-8-15-13(6)9-10-16(14(15)7)17(11(2)3)12(4)5/h9-10H,2,8H2,1,3-7H3. The van der Waals surface area contributed by atoms with Crippen molar-refractivity contribution in [3.63, 3.8) is 0 Å². The maximum atomic E-state index is 4.11. The fraction of sp³-hybridized carbons (Fsp3) is 0.412. The van der Waals surface area contributed by atoms with E-state index in [-0.39, 0.29) is 0 Å². The van der Waals surface area contributed by atoms with Crippen LogP contribution in [0, 0.1) is 13.8 Å². The van der Waals surface area contributed by atoms with Crippen molar-refractivity contribution in [1.82, 2.24) is 0 Å². The molecule has 0 spiro atoms. The van der Waals surface area contributed by atoms with Gasteiger partial charge in [0.15, 0.2) is 0 Å². The van der Waals surface area contributed by atoms with Crippen LogP contribution in [0.1, 0.15) is 49.9 Å². The molecule has 1 aromatic carbocycles. The lowest BCUT2D eigenvalue weighted by Crippen LogP contribution is -1.99. The largest absolute Gasteiger partial charge is 0.0955 e. The molecule has 0 atom stereocenters. The van der Waals surface area contributed by atoms with Gasteiger partial charge in [-0.15, -0.1) is 0 Å². The zero-order valence-corrected chi connectivity index (χ0v) is 12.1. The molecule has 0 aliphatic heterocycles. The molecule has 0 aliphatic rings. The van der Waals surface area contributed by atoms with E-state index in [2.05, 4.69) is 60.3 Å². The van der Waals surface area contributed by atoms with Crippen molar-refractivity contribution < 1.29 is 0 Å². The summed E-state index contributed by atoms with van der Waals surface area (Å²) in [5, 5.41) is 0. The molecule has 0 bridgehead atoms. The first kappa shape index (κ1) is 13.8. The minimum atomic E-state index is 1.09. The van der Waals surface area contributed by atoms with Gasteiger partial charge in [-0.25, -0.2) is 0 Å². The predicted octanol–water partition coefficient (Wildman–Crippen LogP) is 5.24. The number of allylic oxidation sites excluding steroid dienone is 3. The molecule has 92 valence electrons. The van der Waals surface area contributed by atoms with Crippen LogP contribution < -0.4 is 0 Å². The Bertz CT molecular complexity index is 469. The van der Waals surface area contributed by atoms with Gasteiger partial charge >= 0.3 is 0 Å². The number of rotatable bonds is 3. The second kappa shape index (κ2) is 5.35. The van der Waals surface area contributed by atoms with Crippen LogP contribution >= 0.6 is 0 Å². The van der Waals surface area contributed by atoms with Gasteiger partial charge < -0.3 is 0 Å². The molecule has 0 aliphatic carbocycles. The SMILES string of the molecule is C=C(C)C(=C(C)C)c1ccc(C)c(CC)c1C. The first-order valence-corrected chi connectivity index (χ1v) is 6.32. The molecule has 0 heteroatoms. The monoisotopic (exact) mass is 228 g/mol. The second-order valence-electron chi connectivity index (χ2n) is 5.04. The molecule has 0 N–H and O–H groups in total. The molecule has 0 unspecified atom stereocenters. The molecule has 1 aromatic rings. The smallest absolute Gasteiger partial charge is 0.0150 e. The lowest BCUT2D eigenvalue weighted by Gasteiger charge is -2.17. The normalized spacial score (nSPS) is 10.2. The Balaban J connectivity index is 3.53. The third kappa shape index (κ3) is 2.69. The average molecular weight is 228 g/mol. The Morgan fingerprint density at radius 3 is 2.12 bits per heavy atom. The summed E-state index contributed by atoms with van der Waals surface area (Å²) in [4.78, 5) is 0. The average Bonchev–Trinajstić information content (AvgIpc) is 2.21. The zero-order chi connectivity index (χ0) is 13.2. The van der Waals surface area contributed by atoms with E-state index in [4.69, 9.17) is 0 Å². The van der Waals surface area contributed by atoms with Crippen LogP contribution in [0.4, 0.5) is 0 Å². The molecule has 0 heterocycles. The Morgan fingerprint density at radius 1 is 1.12 bits per heavy atom. The maximum Gasteiger partial charge on any atom is -0.0150 e. The summed E-state index contributed by atoms with van der Waals surface area (Å²) in [5.41, 5.74) is 9.43. The first-order valence-electron chi connectivity index (χ1n) is 6.32. The van der Waals surface area contributed by atoms with Crippen LogP contribution in [0.15, 0.2) is 29.9 Å². The summed E-state index contributed by atoms with van der Waals surface area (Å²) in [7, 11) is 0. The molecule has 0 fully saturated rings. The van der Waals surface area contributed by atoms with E-state index < -0.39 is 0 Å². The van der Waals surface area contributed by atoms with Crippen molar-refractivity contribution in [2.75, 3.05) is 0 Å². The minimum Gasteiger partial charge on any atom is -0.0955 e. The van der Waals surface area contributed by atoms with Crippen molar-refractivity contribution in [3.8, 4) is 0 Å². The van der Waals surface area contributed by atoms with Crippen molar-refractivity contribution in [3.05, 3.63) is 52.1 Å². The van der Waals surface area contributed by atoms with Gasteiger partial charge in [-0.1, -0.05) is 36.8 Å². The van der Waals surface area contributed by atoms with Gasteiger partial charge in [0.05, 0.1) is 0 Å². The van der Waals surface area contributed by atoms with Crippen LogP contribution in [-0.4, -0.2) is 0 Å². The van der Waals surface area contributed by atoms with Crippen LogP contribution in [-0.2, 0) is 6.42 Å². The third-order valence-corrected chi connectivity index (χ3v) is 3.38. The van der Waals surface area contributed by atoms with Crippen LogP contribution in [0.5, 0.6) is 0 Å². The molecule has 0 saturated carbocycles. The van der Waals surface area contributed by atoms with E-state index in [0.29, 0.717) is 0 Å². The molecule has 0 amide bonds. The summed E-state index contributed by atoms with van der Waals surface area (Å²) < 4.78 is 0. The highest BCUT2D eigenvalue weighted by atomic mass is 14.2. The second-order valence-corrected chi connectivity index (χ2v) is 5.04. The van der Waals surface area contributed by atoms with Crippen molar-refractivity contribution in [2.24, 2.45) is 0 Å². The minimum absolute atomic E-state index is 1.09. The Kier molecular flexibility index (Phi) is 4.34. The van der Waals surface area contributed by atoms with Gasteiger partial charge in [-0.3, -0.25) is 0 Å². The van der Waals surface area contributed by atoms with Crippen molar-refractivity contribution in [1.29, 1.82) is 0 Å². The molecule has 1 rings (SSSR count). The van der Waals surface area contributed by atoms with E-state index in [0.717, 1.165) is 12.0 Å². The van der Waals surface area contributed by atoms with Gasteiger partial charge in [-0.05, 0) is 68.9 Å². The summed E-state index contributed by atoms with van der Waals surface area (Å²) in [6.07, 6.45) is 1.09. The lowest BCUT2D eigenvalue weighted by molar-refractivity contribution is 1.07. The maximum absolute atomic E-state index is 4.11. The zero-order valence-electron chi connectivity index (χ0n) is 12.1. The lowest BCUT2D eigenvalue weighted by atomic mass is 9.88. The summed E-state index contributed by atoms with van der Waals surface area (Å²) in [5.74, 6) is 0. The topological polar surface area (TPSA) is 0 Å². The van der Waals surface area contributed by atoms with Gasteiger partial charge in [0.2, 0.25) is 0 Å². The Morgan fingerprint density at radius 2 is 1.71 bits per heavy atom. The van der Waals surface area contributed by atoms with Gasteiger partial charge in [0, 0.05) is 0 Å².